The summed E-state index contributed by atoms with van der Waals surface area (Å²) >= 11 is 2.28. The molecule has 1 aromatic rings. The van der Waals surface area contributed by atoms with Gasteiger partial charge in [0.1, 0.15) is 0 Å². The van der Waals surface area contributed by atoms with Crippen LogP contribution < -0.4 is 0 Å². The van der Waals surface area contributed by atoms with Crippen LogP contribution in [0, 0.1) is 9.49 Å². The number of hydrogen-bond acceptors (Lipinski definition) is 1. The van der Waals surface area contributed by atoms with Crippen molar-refractivity contribution in [3.63, 3.8) is 0 Å². The Kier molecular flexibility index (Phi) is 4.10. The molecule has 1 atom stereocenters. The maximum absolute atomic E-state index is 12.6. The highest BCUT2D eigenvalue weighted by Crippen LogP contribution is 2.36. The van der Waals surface area contributed by atoms with E-state index in [0.717, 1.165) is 18.0 Å². The predicted octanol–water partition coefficient (Wildman–Crippen LogP) is 4.09. The van der Waals surface area contributed by atoms with Gasteiger partial charge in [0.15, 0.2) is 0 Å². The molecule has 1 heterocycles. The van der Waals surface area contributed by atoms with Crippen molar-refractivity contribution in [3.05, 3.63) is 33.4 Å². The number of halogens is 1. The van der Waals surface area contributed by atoms with E-state index in [4.69, 9.17) is 0 Å². The van der Waals surface area contributed by atoms with Crippen LogP contribution in [0.15, 0.2) is 24.3 Å². The summed E-state index contributed by atoms with van der Waals surface area (Å²) in [5.74, 6) is 1.00. The summed E-state index contributed by atoms with van der Waals surface area (Å²) in [5, 5.41) is 0. The number of rotatable bonds is 2. The molecule has 2 fully saturated rings. The predicted molar refractivity (Wildman–Crippen MR) is 85.2 cm³/mol. The molecule has 3 rings (SSSR count). The molecule has 1 aliphatic carbocycles. The number of nitrogens with zero attached hydrogens (tertiary/aromatic N) is 1. The molecule has 1 aromatic carbocycles. The fraction of sp³-hybridized carbons (Fsp3) is 0.562. The van der Waals surface area contributed by atoms with Crippen molar-refractivity contribution < 1.29 is 4.79 Å². The largest absolute Gasteiger partial charge is 0.335 e. The van der Waals surface area contributed by atoms with Gasteiger partial charge in [-0.2, -0.15) is 0 Å². The summed E-state index contributed by atoms with van der Waals surface area (Å²) in [5.41, 5.74) is 0.852. The van der Waals surface area contributed by atoms with Gasteiger partial charge in [-0.1, -0.05) is 12.8 Å². The van der Waals surface area contributed by atoms with E-state index in [-0.39, 0.29) is 5.91 Å². The van der Waals surface area contributed by atoms with Gasteiger partial charge in [0.25, 0.3) is 5.91 Å². The van der Waals surface area contributed by atoms with E-state index in [2.05, 4.69) is 27.5 Å². The standard InChI is InChI=1S/C16H20INO/c17-14-9-7-13(8-10-14)16(19)18-11-3-6-15(18)12-4-1-2-5-12/h7-10,12,15H,1-6,11H2. The second kappa shape index (κ2) is 5.81. The second-order valence-electron chi connectivity index (χ2n) is 5.76. The summed E-state index contributed by atoms with van der Waals surface area (Å²) in [4.78, 5) is 14.8. The van der Waals surface area contributed by atoms with Crippen LogP contribution in [0.5, 0.6) is 0 Å². The minimum absolute atomic E-state index is 0.241. The van der Waals surface area contributed by atoms with Crippen LogP contribution in [0.4, 0.5) is 0 Å². The van der Waals surface area contributed by atoms with Gasteiger partial charge >= 0.3 is 0 Å². The zero-order chi connectivity index (χ0) is 13.2. The third kappa shape index (κ3) is 2.81. The highest BCUT2D eigenvalue weighted by atomic mass is 127. The van der Waals surface area contributed by atoms with Crippen LogP contribution in [0.2, 0.25) is 0 Å². The molecule has 0 spiro atoms. The Bertz CT molecular complexity index is 450. The quantitative estimate of drug-likeness (QED) is 0.720. The van der Waals surface area contributed by atoms with Crippen molar-refractivity contribution in [3.8, 4) is 0 Å². The van der Waals surface area contributed by atoms with Crippen molar-refractivity contribution in [2.24, 2.45) is 5.92 Å². The van der Waals surface area contributed by atoms with Crippen molar-refractivity contribution in [2.75, 3.05) is 6.54 Å². The molecule has 2 nitrogen and oxygen atoms in total. The first-order chi connectivity index (χ1) is 9.25. The van der Waals surface area contributed by atoms with E-state index in [0.29, 0.717) is 6.04 Å². The van der Waals surface area contributed by atoms with Crippen molar-refractivity contribution in [2.45, 2.75) is 44.6 Å². The van der Waals surface area contributed by atoms with Gasteiger partial charge in [0, 0.05) is 21.7 Å². The summed E-state index contributed by atoms with van der Waals surface area (Å²) in [6, 6.07) is 8.49. The number of carbonyl (C=O) groups excluding carboxylic acids is 1. The van der Waals surface area contributed by atoms with Gasteiger partial charge in [0.05, 0.1) is 0 Å². The molecule has 1 amide bonds. The molecule has 19 heavy (non-hydrogen) atoms. The monoisotopic (exact) mass is 369 g/mol. The molecule has 0 radical (unpaired) electrons. The van der Waals surface area contributed by atoms with Crippen molar-refractivity contribution in [1.29, 1.82) is 0 Å². The van der Waals surface area contributed by atoms with Crippen molar-refractivity contribution >= 4 is 28.5 Å². The first-order valence-electron chi connectivity index (χ1n) is 7.32. The first-order valence-corrected chi connectivity index (χ1v) is 8.40. The average Bonchev–Trinajstić information content (AvgIpc) is 3.09. The third-order valence-corrected chi connectivity index (χ3v) is 5.31. The van der Waals surface area contributed by atoms with Gasteiger partial charge < -0.3 is 4.90 Å². The Morgan fingerprint density at radius 2 is 1.74 bits per heavy atom. The highest BCUT2D eigenvalue weighted by Gasteiger charge is 2.36. The van der Waals surface area contributed by atoms with Crippen LogP contribution >= 0.6 is 22.6 Å². The van der Waals surface area contributed by atoms with Gasteiger partial charge in [0.2, 0.25) is 0 Å². The lowest BCUT2D eigenvalue weighted by Gasteiger charge is -2.29. The Morgan fingerprint density at radius 3 is 2.42 bits per heavy atom. The van der Waals surface area contributed by atoms with Crippen LogP contribution in [-0.2, 0) is 0 Å². The number of carbonyl (C=O) groups is 1. The zero-order valence-electron chi connectivity index (χ0n) is 11.1. The smallest absolute Gasteiger partial charge is 0.254 e. The number of benzene rings is 1. The fourth-order valence-corrected chi connectivity index (χ4v) is 3.99. The first kappa shape index (κ1) is 13.4. The normalized spacial score (nSPS) is 24.1. The lowest BCUT2D eigenvalue weighted by Crippen LogP contribution is -2.39. The Balaban J connectivity index is 1.76. The molecule has 0 N–H and O–H groups in total. The lowest BCUT2D eigenvalue weighted by molar-refractivity contribution is 0.0689. The van der Waals surface area contributed by atoms with E-state index >= 15 is 0 Å². The summed E-state index contributed by atoms with van der Waals surface area (Å²) in [7, 11) is 0. The fourth-order valence-electron chi connectivity index (χ4n) is 3.64. The van der Waals surface area contributed by atoms with Gasteiger partial charge in [-0.25, -0.2) is 0 Å². The zero-order valence-corrected chi connectivity index (χ0v) is 13.3. The molecule has 1 saturated carbocycles. The van der Waals surface area contributed by atoms with Crippen LogP contribution in [-0.4, -0.2) is 23.4 Å². The number of hydrogen-bond donors (Lipinski definition) is 0. The average molecular weight is 369 g/mol. The molecular weight excluding hydrogens is 349 g/mol. The molecule has 0 aromatic heterocycles. The maximum Gasteiger partial charge on any atom is 0.254 e. The molecule has 1 saturated heterocycles. The molecule has 1 aliphatic heterocycles. The van der Waals surface area contributed by atoms with Crippen LogP contribution in [0.3, 0.4) is 0 Å². The molecule has 2 aliphatic rings. The summed E-state index contributed by atoms with van der Waals surface area (Å²) in [6.07, 6.45) is 7.74. The molecular formula is C16H20INO. The van der Waals surface area contributed by atoms with E-state index < -0.39 is 0 Å². The van der Waals surface area contributed by atoms with Gasteiger partial charge in [-0.05, 0) is 78.5 Å². The second-order valence-corrected chi connectivity index (χ2v) is 7.01. The number of likely N-dealkylation sites (tertiary alicyclic amines) is 1. The van der Waals surface area contributed by atoms with Crippen LogP contribution in [0.25, 0.3) is 0 Å². The van der Waals surface area contributed by atoms with Gasteiger partial charge in [-0.15, -0.1) is 0 Å². The third-order valence-electron chi connectivity index (χ3n) is 4.60. The molecule has 0 bridgehead atoms. The molecule has 3 heteroatoms. The summed E-state index contributed by atoms with van der Waals surface area (Å²) < 4.78 is 1.18. The van der Waals surface area contributed by atoms with Gasteiger partial charge in [-0.3, -0.25) is 4.79 Å². The Morgan fingerprint density at radius 1 is 1.05 bits per heavy atom. The lowest BCUT2D eigenvalue weighted by atomic mass is 9.95. The van der Waals surface area contributed by atoms with Crippen molar-refractivity contribution in [1.82, 2.24) is 4.90 Å². The maximum atomic E-state index is 12.6. The summed E-state index contributed by atoms with van der Waals surface area (Å²) in [6.45, 7) is 0.950. The topological polar surface area (TPSA) is 20.3 Å². The highest BCUT2D eigenvalue weighted by molar-refractivity contribution is 14.1. The van der Waals surface area contributed by atoms with E-state index in [1.807, 2.05) is 24.3 Å². The Labute approximate surface area is 128 Å². The molecule has 1 unspecified atom stereocenters. The van der Waals surface area contributed by atoms with E-state index in [9.17, 15) is 4.79 Å². The van der Waals surface area contributed by atoms with E-state index in [1.54, 1.807) is 0 Å². The minimum Gasteiger partial charge on any atom is -0.335 e. The number of amides is 1. The molecule has 102 valence electrons. The van der Waals surface area contributed by atoms with E-state index in [1.165, 1.54) is 42.1 Å². The SMILES string of the molecule is O=C(c1ccc(I)cc1)N1CCCC1C1CCCC1. The van der Waals surface area contributed by atoms with Crippen LogP contribution in [0.1, 0.15) is 48.9 Å². The Hall–Kier alpha value is -0.580. The minimum atomic E-state index is 0.241.